The maximum absolute atomic E-state index is 14.8. The van der Waals surface area contributed by atoms with Crippen LogP contribution >= 0.6 is 22.9 Å². The average molecular weight is 937 g/mol. The number of morpholine rings is 1. The fraction of sp³-hybridized carbons (Fsp3) is 0.617. The van der Waals surface area contributed by atoms with Gasteiger partial charge in [0.25, 0.3) is 0 Å². The third-order valence-electron chi connectivity index (χ3n) is 13.5. The van der Waals surface area contributed by atoms with E-state index < -0.39 is 58.9 Å². The molecule has 65 heavy (non-hydrogen) atoms. The van der Waals surface area contributed by atoms with Gasteiger partial charge in [-0.2, -0.15) is 0 Å². The smallest absolute Gasteiger partial charge is 0.408 e. The third kappa shape index (κ3) is 10.0. The first kappa shape index (κ1) is 46.8. The number of benzene rings is 1. The molecule has 4 N–H and O–H groups in total. The van der Waals surface area contributed by atoms with Gasteiger partial charge in [0.2, 0.25) is 11.8 Å². The average Bonchev–Trinajstić information content (AvgIpc) is 3.91. The Morgan fingerprint density at radius 3 is 2.49 bits per heavy atom. The lowest BCUT2D eigenvalue weighted by atomic mass is 9.85. The number of aliphatic carboxylic acids is 1. The summed E-state index contributed by atoms with van der Waals surface area (Å²) >= 11 is 8.60. The van der Waals surface area contributed by atoms with E-state index in [1.807, 2.05) is 46.1 Å². The van der Waals surface area contributed by atoms with Crippen LogP contribution < -0.4 is 25.4 Å². The first-order chi connectivity index (χ1) is 30.8. The summed E-state index contributed by atoms with van der Waals surface area (Å²) < 4.78 is 24.6. The van der Waals surface area contributed by atoms with Gasteiger partial charge in [0.05, 0.1) is 31.0 Å². The molecule has 3 saturated carbocycles. The lowest BCUT2D eigenvalue weighted by Crippen LogP contribution is -2.59. The zero-order valence-corrected chi connectivity index (χ0v) is 39.9. The van der Waals surface area contributed by atoms with E-state index in [1.165, 1.54) is 22.3 Å². The van der Waals surface area contributed by atoms with Gasteiger partial charge in [-0.15, -0.1) is 17.9 Å². The van der Waals surface area contributed by atoms with Gasteiger partial charge in [-0.3, -0.25) is 14.5 Å². The molecule has 0 radical (unpaired) electrons. The largest absolute Gasteiger partial charge is 0.491 e. The van der Waals surface area contributed by atoms with Crippen LogP contribution in [0, 0.1) is 23.2 Å². The van der Waals surface area contributed by atoms with Gasteiger partial charge in [-0.25, -0.2) is 19.6 Å². The molecule has 5 aliphatic rings. The monoisotopic (exact) mass is 935 g/mol. The number of amides is 3. The molecule has 1 unspecified atom stereocenters. The topological polar surface area (TPSA) is 194 Å². The molecule has 2 saturated heterocycles. The van der Waals surface area contributed by atoms with Crippen molar-refractivity contribution in [2.24, 2.45) is 23.2 Å². The number of carbonyl (C=O) groups excluding carboxylic acids is 3. The maximum atomic E-state index is 14.8. The van der Waals surface area contributed by atoms with Gasteiger partial charge in [0.15, 0.2) is 5.13 Å². The normalized spacial score (nSPS) is 27.4. The number of anilines is 1. The number of pyridine rings is 1. The molecule has 18 heteroatoms. The Morgan fingerprint density at radius 1 is 1.08 bits per heavy atom. The predicted molar refractivity (Wildman–Crippen MR) is 247 cm³/mol. The zero-order valence-electron chi connectivity index (χ0n) is 38.3. The van der Waals surface area contributed by atoms with E-state index in [2.05, 4.69) is 41.3 Å². The Bertz CT molecular complexity index is 2330. The standard InChI is InChI=1S/C47H62ClN7O9S/c1-9-28-21-47(28,42(58)59)53-40(56)34-19-30(22-55(34)41(57)39(45(4,5)6)52-44(60)64-29-17-26-16-27(26)18-29)63-36-20-32(33-23-65-43(51-33)49-25(2)3)50-38-31(36)10-11-35(37(38)48)62-15-13-54-12-14-61-24-46(54,7)8/h9-11,20,23,25-30,34,39H,1,12-19,21-22,24H2,2-8H3,(H,49,51)(H,52,60)(H,53,56)(H,58,59)/t26-,27+,28-,29?,30-,34+,39-,47-/m1/s1. The Morgan fingerprint density at radius 2 is 1.83 bits per heavy atom. The van der Waals surface area contributed by atoms with Gasteiger partial charge < -0.3 is 44.9 Å². The fourth-order valence-corrected chi connectivity index (χ4v) is 10.7. The molecule has 3 aliphatic carbocycles. The van der Waals surface area contributed by atoms with Crippen molar-refractivity contribution in [1.29, 1.82) is 0 Å². The highest BCUT2D eigenvalue weighted by Gasteiger charge is 2.61. The second kappa shape index (κ2) is 18.2. The van der Waals surface area contributed by atoms with Crippen LogP contribution in [0.5, 0.6) is 11.5 Å². The van der Waals surface area contributed by atoms with Crippen molar-refractivity contribution in [3.8, 4) is 22.9 Å². The summed E-state index contributed by atoms with van der Waals surface area (Å²) in [7, 11) is 0. The summed E-state index contributed by atoms with van der Waals surface area (Å²) in [6.07, 6.45) is 2.84. The summed E-state index contributed by atoms with van der Waals surface area (Å²) in [6.45, 7) is 20.6. The highest BCUT2D eigenvalue weighted by atomic mass is 35.5. The lowest BCUT2D eigenvalue weighted by Gasteiger charge is -2.41. The van der Waals surface area contributed by atoms with Crippen LogP contribution in [0.4, 0.5) is 9.93 Å². The van der Waals surface area contributed by atoms with E-state index in [1.54, 1.807) is 12.1 Å². The molecule has 5 fully saturated rings. The number of nitrogens with one attached hydrogen (secondary N) is 3. The molecule has 4 heterocycles. The van der Waals surface area contributed by atoms with Gasteiger partial charge in [0, 0.05) is 53.8 Å². The van der Waals surface area contributed by atoms with Crippen LogP contribution in [-0.2, 0) is 23.9 Å². The Hall–Kier alpha value is -4.71. The third-order valence-corrected chi connectivity index (χ3v) is 14.6. The number of ether oxygens (including phenoxy) is 4. The van der Waals surface area contributed by atoms with Crippen LogP contribution in [0.2, 0.25) is 5.02 Å². The number of fused-ring (bicyclic) bond motifs is 2. The summed E-state index contributed by atoms with van der Waals surface area (Å²) in [5.41, 5.74) is -0.994. The zero-order chi connectivity index (χ0) is 46.6. The quantitative estimate of drug-likeness (QED) is 0.110. The van der Waals surface area contributed by atoms with E-state index >= 15 is 0 Å². The number of carbonyl (C=O) groups is 4. The molecule has 2 aromatic heterocycles. The summed E-state index contributed by atoms with van der Waals surface area (Å²) in [5, 5.41) is 22.6. The van der Waals surface area contributed by atoms with Crippen LogP contribution in [0.1, 0.15) is 80.6 Å². The second-order valence-corrected chi connectivity index (χ2v) is 21.5. The number of hydrogen-bond donors (Lipinski definition) is 4. The molecule has 16 nitrogen and oxygen atoms in total. The Labute approximate surface area is 389 Å². The first-order valence-corrected chi connectivity index (χ1v) is 24.0. The van der Waals surface area contributed by atoms with Gasteiger partial charge >= 0.3 is 12.1 Å². The number of rotatable bonds is 16. The minimum atomic E-state index is -1.54. The van der Waals surface area contributed by atoms with E-state index in [-0.39, 0.29) is 42.1 Å². The highest BCUT2D eigenvalue weighted by molar-refractivity contribution is 7.14. The predicted octanol–water partition coefficient (Wildman–Crippen LogP) is 6.75. The molecule has 0 bridgehead atoms. The van der Waals surface area contributed by atoms with Crippen molar-refractivity contribution in [1.82, 2.24) is 30.4 Å². The van der Waals surface area contributed by atoms with Gasteiger partial charge in [-0.05, 0) is 82.8 Å². The minimum absolute atomic E-state index is 0.0172. The number of nitrogens with zero attached hydrogens (tertiary/aromatic N) is 4. The molecule has 352 valence electrons. The maximum Gasteiger partial charge on any atom is 0.408 e. The fourth-order valence-electron chi connectivity index (χ4n) is 9.57. The van der Waals surface area contributed by atoms with Crippen molar-refractivity contribution >= 4 is 62.8 Å². The van der Waals surface area contributed by atoms with Crippen LogP contribution in [-0.4, -0.2) is 130 Å². The van der Waals surface area contributed by atoms with Crippen molar-refractivity contribution in [3.05, 3.63) is 41.3 Å². The number of carboxylic acid groups (broad SMARTS) is 1. The van der Waals surface area contributed by atoms with Crippen LogP contribution in [0.15, 0.2) is 36.2 Å². The summed E-state index contributed by atoms with van der Waals surface area (Å²) in [5.74, 6) is -0.805. The Balaban J connectivity index is 1.09. The summed E-state index contributed by atoms with van der Waals surface area (Å²) in [6, 6.07) is 3.30. The number of halogens is 1. The molecule has 8 atom stereocenters. The molecule has 8 rings (SSSR count). The molecule has 1 aromatic carbocycles. The minimum Gasteiger partial charge on any atom is -0.491 e. The number of thiazole rings is 1. The molecule has 3 amide bonds. The molecular formula is C47H62ClN7O9S. The molecule has 2 aliphatic heterocycles. The lowest BCUT2D eigenvalue weighted by molar-refractivity contribution is -0.146. The van der Waals surface area contributed by atoms with E-state index in [0.29, 0.717) is 77.1 Å². The summed E-state index contributed by atoms with van der Waals surface area (Å²) in [4.78, 5) is 68.6. The number of likely N-dealkylation sites (tertiary alicyclic amines) is 1. The number of carboxylic acids is 1. The molecular weight excluding hydrogens is 874 g/mol. The van der Waals surface area contributed by atoms with Crippen molar-refractivity contribution < 1.29 is 43.2 Å². The highest BCUT2D eigenvalue weighted by Crippen LogP contribution is 2.52. The van der Waals surface area contributed by atoms with Crippen molar-refractivity contribution in [3.63, 3.8) is 0 Å². The van der Waals surface area contributed by atoms with Crippen LogP contribution in [0.25, 0.3) is 22.3 Å². The Kier molecular flexibility index (Phi) is 13.1. The van der Waals surface area contributed by atoms with Gasteiger partial charge in [-0.1, -0.05) is 38.4 Å². The van der Waals surface area contributed by atoms with E-state index in [0.717, 1.165) is 25.8 Å². The SMILES string of the molecule is C=C[C@@H]1C[C@]1(NC(=O)[C@@H]1C[C@@H](Oc2cc(-c3csc(NC(C)C)n3)nc3c(Cl)c(OCCN4CCOCC4(C)C)ccc23)CN1C(=O)[C@@H](NC(=O)OC1C[C@@H]2C[C@@H]2C1)C(C)(C)C)C(=O)O. The van der Waals surface area contributed by atoms with Crippen molar-refractivity contribution in [2.45, 2.75) is 122 Å². The van der Waals surface area contributed by atoms with E-state index in [9.17, 15) is 24.3 Å². The van der Waals surface area contributed by atoms with E-state index in [4.69, 9.17) is 40.5 Å². The molecule has 0 spiro atoms. The number of aromatic nitrogens is 2. The number of hydrogen-bond acceptors (Lipinski definition) is 13. The first-order valence-electron chi connectivity index (χ1n) is 22.7. The molecule has 3 aromatic rings. The second-order valence-electron chi connectivity index (χ2n) is 20.3. The van der Waals surface area contributed by atoms with Crippen LogP contribution in [0.3, 0.4) is 0 Å². The van der Waals surface area contributed by atoms with Crippen molar-refractivity contribution in [2.75, 3.05) is 44.8 Å². The van der Waals surface area contributed by atoms with Gasteiger partial charge in [0.1, 0.15) is 58.7 Å². The number of alkyl carbamates (subject to hydrolysis) is 1.